The van der Waals surface area contributed by atoms with Crippen molar-refractivity contribution >= 4 is 0 Å². The lowest BCUT2D eigenvalue weighted by atomic mass is 9.82. The average Bonchev–Trinajstić information content (AvgIpc) is 2.48. The topological polar surface area (TPSA) is 41.9 Å². The first kappa shape index (κ1) is 14.8. The van der Waals surface area contributed by atoms with E-state index < -0.39 is 0 Å². The number of hydrogen-bond donors (Lipinski definition) is 1. The van der Waals surface area contributed by atoms with Crippen LogP contribution in [0.5, 0.6) is 0 Å². The molecule has 3 aliphatic heterocycles. The molecule has 3 atom stereocenters. The summed E-state index contributed by atoms with van der Waals surface area (Å²) in [7, 11) is 0. The van der Waals surface area contributed by atoms with Crippen LogP contribution in [0, 0.1) is 5.92 Å². The van der Waals surface area contributed by atoms with Gasteiger partial charge >= 0.3 is 0 Å². The lowest BCUT2D eigenvalue weighted by Crippen LogP contribution is -2.54. The fourth-order valence-electron chi connectivity index (χ4n) is 4.19. The minimum atomic E-state index is -0.0897. The molecule has 0 bridgehead atoms. The fourth-order valence-corrected chi connectivity index (χ4v) is 4.19. The maximum absolute atomic E-state index is 10.1. The van der Waals surface area contributed by atoms with Crippen LogP contribution in [-0.2, 0) is 9.47 Å². The van der Waals surface area contributed by atoms with E-state index in [4.69, 9.17) is 9.47 Å². The molecule has 4 heteroatoms. The molecule has 0 saturated carbocycles. The Balaban J connectivity index is 1.61. The Hall–Kier alpha value is -0.160. The highest BCUT2D eigenvalue weighted by atomic mass is 16.5. The number of likely N-dealkylation sites (tertiary alicyclic amines) is 1. The number of aliphatic hydroxyl groups is 1. The van der Waals surface area contributed by atoms with Gasteiger partial charge in [-0.25, -0.2) is 0 Å². The molecule has 0 radical (unpaired) electrons. The first-order valence-corrected chi connectivity index (χ1v) is 8.36. The van der Waals surface area contributed by atoms with Crippen LogP contribution in [0.3, 0.4) is 0 Å². The molecule has 0 amide bonds. The summed E-state index contributed by atoms with van der Waals surface area (Å²) in [6.45, 7) is 6.90. The van der Waals surface area contributed by atoms with Crippen LogP contribution in [0.15, 0.2) is 0 Å². The molecule has 4 nitrogen and oxygen atoms in total. The van der Waals surface area contributed by atoms with E-state index >= 15 is 0 Å². The Morgan fingerprint density at radius 2 is 2.00 bits per heavy atom. The summed E-state index contributed by atoms with van der Waals surface area (Å²) in [5.74, 6) is 0.456. The van der Waals surface area contributed by atoms with E-state index in [9.17, 15) is 5.11 Å². The van der Waals surface area contributed by atoms with Crippen LogP contribution in [0.4, 0.5) is 0 Å². The van der Waals surface area contributed by atoms with Gasteiger partial charge in [-0.15, -0.1) is 0 Å². The van der Waals surface area contributed by atoms with Crippen LogP contribution in [0.1, 0.15) is 45.4 Å². The number of rotatable bonds is 2. The highest BCUT2D eigenvalue weighted by Crippen LogP contribution is 2.37. The fraction of sp³-hybridized carbons (Fsp3) is 1.00. The third-order valence-electron chi connectivity index (χ3n) is 5.64. The molecule has 3 saturated heterocycles. The summed E-state index contributed by atoms with van der Waals surface area (Å²) in [6, 6.07) is 0.642. The van der Waals surface area contributed by atoms with Crippen molar-refractivity contribution in [1.82, 2.24) is 4.90 Å². The van der Waals surface area contributed by atoms with E-state index in [1.807, 2.05) is 0 Å². The van der Waals surface area contributed by atoms with Gasteiger partial charge in [0.25, 0.3) is 0 Å². The van der Waals surface area contributed by atoms with Gasteiger partial charge in [-0.1, -0.05) is 6.92 Å². The monoisotopic (exact) mass is 283 g/mol. The number of nitrogens with zero attached hydrogens (tertiary/aromatic N) is 1. The first-order chi connectivity index (χ1) is 9.72. The predicted octanol–water partition coefficient (Wildman–Crippen LogP) is 1.81. The minimum absolute atomic E-state index is 0.0823. The zero-order valence-corrected chi connectivity index (χ0v) is 12.7. The maximum Gasteiger partial charge on any atom is 0.0741 e. The van der Waals surface area contributed by atoms with Gasteiger partial charge in [0.2, 0.25) is 0 Å². The second-order valence-electron chi connectivity index (χ2n) is 6.81. The summed E-state index contributed by atoms with van der Waals surface area (Å²) < 4.78 is 11.6. The van der Waals surface area contributed by atoms with Crippen molar-refractivity contribution < 1.29 is 14.6 Å². The summed E-state index contributed by atoms with van der Waals surface area (Å²) in [6.07, 6.45) is 6.34. The van der Waals surface area contributed by atoms with Crippen molar-refractivity contribution in [3.05, 3.63) is 0 Å². The first-order valence-electron chi connectivity index (χ1n) is 8.36. The maximum atomic E-state index is 10.1. The second-order valence-corrected chi connectivity index (χ2v) is 6.81. The molecule has 20 heavy (non-hydrogen) atoms. The number of aliphatic hydroxyl groups excluding tert-OH is 1. The van der Waals surface area contributed by atoms with Gasteiger partial charge in [0.15, 0.2) is 0 Å². The highest BCUT2D eigenvalue weighted by Gasteiger charge is 2.42. The standard InChI is InChI=1S/C16H29NO3/c1-2-13-12-17(7-3-15(13)18)14-4-8-20-16(11-14)5-9-19-10-6-16/h13-15,18H,2-12H2,1H3. The van der Waals surface area contributed by atoms with Gasteiger partial charge in [0, 0.05) is 39.0 Å². The van der Waals surface area contributed by atoms with Gasteiger partial charge < -0.3 is 14.6 Å². The molecule has 3 aliphatic rings. The molecule has 0 aromatic carbocycles. The van der Waals surface area contributed by atoms with Crippen molar-refractivity contribution in [3.8, 4) is 0 Å². The third-order valence-corrected chi connectivity index (χ3v) is 5.64. The summed E-state index contributed by atoms with van der Waals surface area (Å²) in [5, 5.41) is 10.1. The van der Waals surface area contributed by atoms with E-state index in [0.717, 1.165) is 71.4 Å². The molecule has 0 aliphatic carbocycles. The van der Waals surface area contributed by atoms with E-state index in [0.29, 0.717) is 12.0 Å². The number of ether oxygens (including phenoxy) is 2. The quantitative estimate of drug-likeness (QED) is 0.839. The van der Waals surface area contributed by atoms with Crippen LogP contribution >= 0.6 is 0 Å². The van der Waals surface area contributed by atoms with Crippen LogP contribution < -0.4 is 0 Å². The van der Waals surface area contributed by atoms with Crippen LogP contribution in [0.2, 0.25) is 0 Å². The number of hydrogen-bond acceptors (Lipinski definition) is 4. The van der Waals surface area contributed by atoms with E-state index in [-0.39, 0.29) is 11.7 Å². The van der Waals surface area contributed by atoms with Gasteiger partial charge in [0.1, 0.15) is 0 Å². The van der Waals surface area contributed by atoms with Crippen LogP contribution in [-0.4, -0.2) is 60.7 Å². The lowest BCUT2D eigenvalue weighted by molar-refractivity contribution is -0.155. The Morgan fingerprint density at radius 3 is 2.75 bits per heavy atom. The normalized spacial score (nSPS) is 39.0. The smallest absolute Gasteiger partial charge is 0.0741 e. The minimum Gasteiger partial charge on any atom is -0.393 e. The SMILES string of the molecule is CCC1CN(C2CCOC3(CCOCC3)C2)CCC1O. The third kappa shape index (κ3) is 3.03. The van der Waals surface area contributed by atoms with E-state index in [2.05, 4.69) is 11.8 Å². The lowest BCUT2D eigenvalue weighted by Gasteiger charge is -2.48. The van der Waals surface area contributed by atoms with E-state index in [1.54, 1.807) is 0 Å². The van der Waals surface area contributed by atoms with Gasteiger partial charge in [-0.2, -0.15) is 0 Å². The molecule has 0 aromatic heterocycles. The molecule has 1 spiro atoms. The zero-order chi connectivity index (χ0) is 14.0. The predicted molar refractivity (Wildman–Crippen MR) is 77.7 cm³/mol. The second kappa shape index (κ2) is 6.30. The summed E-state index contributed by atoms with van der Waals surface area (Å²) in [5.41, 5.74) is 0.0823. The molecule has 116 valence electrons. The summed E-state index contributed by atoms with van der Waals surface area (Å²) >= 11 is 0. The van der Waals surface area contributed by atoms with Crippen molar-refractivity contribution in [1.29, 1.82) is 0 Å². The van der Waals surface area contributed by atoms with Crippen molar-refractivity contribution in [2.24, 2.45) is 5.92 Å². The molecule has 3 fully saturated rings. The van der Waals surface area contributed by atoms with Gasteiger partial charge in [-0.3, -0.25) is 4.90 Å². The summed E-state index contributed by atoms with van der Waals surface area (Å²) in [4.78, 5) is 2.63. The Kier molecular flexibility index (Phi) is 4.65. The average molecular weight is 283 g/mol. The van der Waals surface area contributed by atoms with Gasteiger partial charge in [0.05, 0.1) is 11.7 Å². The Morgan fingerprint density at radius 1 is 1.20 bits per heavy atom. The van der Waals surface area contributed by atoms with Crippen molar-refractivity contribution in [2.45, 2.75) is 63.2 Å². The van der Waals surface area contributed by atoms with Gasteiger partial charge in [-0.05, 0) is 44.4 Å². The molecule has 1 N–H and O–H groups in total. The van der Waals surface area contributed by atoms with E-state index in [1.165, 1.54) is 0 Å². The van der Waals surface area contributed by atoms with Crippen molar-refractivity contribution in [2.75, 3.05) is 32.9 Å². The van der Waals surface area contributed by atoms with Crippen LogP contribution in [0.25, 0.3) is 0 Å². The molecular formula is C16H29NO3. The Bertz CT molecular complexity index is 311. The largest absolute Gasteiger partial charge is 0.393 e. The molecular weight excluding hydrogens is 254 g/mol. The molecule has 3 heterocycles. The highest BCUT2D eigenvalue weighted by molar-refractivity contribution is 4.94. The van der Waals surface area contributed by atoms with Crippen molar-refractivity contribution in [3.63, 3.8) is 0 Å². The zero-order valence-electron chi connectivity index (χ0n) is 12.7. The molecule has 3 rings (SSSR count). The Labute approximate surface area is 122 Å². The number of piperidine rings is 1. The molecule has 3 unspecified atom stereocenters. The molecule has 0 aromatic rings.